The number of halogens is 3. The zero-order valence-corrected chi connectivity index (χ0v) is 15.6. The highest BCUT2D eigenvalue weighted by atomic mass is 32.2. The lowest BCUT2D eigenvalue weighted by atomic mass is 10.1. The van der Waals surface area contributed by atoms with Crippen molar-refractivity contribution in [2.75, 3.05) is 0 Å². The lowest BCUT2D eigenvalue weighted by molar-refractivity contribution is -0.0450. The largest absolute Gasteiger partial charge is 0.511 e. The van der Waals surface area contributed by atoms with E-state index in [2.05, 4.69) is 4.98 Å². The van der Waals surface area contributed by atoms with E-state index in [-0.39, 0.29) is 6.61 Å². The van der Waals surface area contributed by atoms with Gasteiger partial charge in [-0.1, -0.05) is 36.4 Å². The van der Waals surface area contributed by atoms with Gasteiger partial charge in [-0.2, -0.15) is 13.2 Å². The topological polar surface area (TPSA) is 68.3 Å². The van der Waals surface area contributed by atoms with Crippen LogP contribution in [0.4, 0.5) is 13.2 Å². The second-order valence-electron chi connectivity index (χ2n) is 6.15. The second kappa shape index (κ2) is 7.76. The number of fused-ring (bicyclic) bond motifs is 1. The summed E-state index contributed by atoms with van der Waals surface area (Å²) in [6.45, 7) is 1.49. The summed E-state index contributed by atoms with van der Waals surface area (Å²) in [7, 11) is -5.43. The molecular weight excluding hydrogens is 393 g/mol. The third kappa shape index (κ3) is 4.60. The molecule has 1 heterocycles. The van der Waals surface area contributed by atoms with Gasteiger partial charge in [-0.05, 0) is 36.8 Å². The van der Waals surface area contributed by atoms with Crippen molar-refractivity contribution < 1.29 is 26.3 Å². The SMILES string of the molecule is CC(NS(=O)(=O)C(F)(F)F)c1cccc(OCc2ccc3ccccc3n2)c1. The number of hydrogen-bond donors (Lipinski definition) is 1. The number of aromatic nitrogens is 1. The van der Waals surface area contributed by atoms with Gasteiger partial charge in [-0.25, -0.2) is 18.1 Å². The zero-order chi connectivity index (χ0) is 20.4. The summed E-state index contributed by atoms with van der Waals surface area (Å²) in [5.41, 5.74) is -3.50. The predicted molar refractivity (Wildman–Crippen MR) is 99.0 cm³/mol. The minimum Gasteiger partial charge on any atom is -0.487 e. The number of hydrogen-bond acceptors (Lipinski definition) is 4. The van der Waals surface area contributed by atoms with Crippen LogP contribution in [-0.4, -0.2) is 18.9 Å². The van der Waals surface area contributed by atoms with Crippen LogP contribution in [0.1, 0.15) is 24.2 Å². The normalized spacial score (nSPS) is 13.4. The highest BCUT2D eigenvalue weighted by Gasteiger charge is 2.46. The van der Waals surface area contributed by atoms with Gasteiger partial charge in [-0.3, -0.25) is 0 Å². The Morgan fingerprint density at radius 2 is 1.82 bits per heavy atom. The first kappa shape index (κ1) is 20.1. The van der Waals surface area contributed by atoms with Crippen molar-refractivity contribution in [2.24, 2.45) is 0 Å². The van der Waals surface area contributed by atoms with Crippen molar-refractivity contribution in [2.45, 2.75) is 25.1 Å². The fourth-order valence-electron chi connectivity index (χ4n) is 2.59. The number of alkyl halides is 3. The van der Waals surface area contributed by atoms with E-state index >= 15 is 0 Å². The van der Waals surface area contributed by atoms with Gasteiger partial charge in [0, 0.05) is 11.4 Å². The number of ether oxygens (including phenoxy) is 1. The van der Waals surface area contributed by atoms with Crippen LogP contribution in [0.3, 0.4) is 0 Å². The van der Waals surface area contributed by atoms with E-state index in [9.17, 15) is 21.6 Å². The first-order chi connectivity index (χ1) is 13.2. The molecule has 1 aromatic heterocycles. The Morgan fingerprint density at radius 3 is 2.57 bits per heavy atom. The Hall–Kier alpha value is -2.65. The summed E-state index contributed by atoms with van der Waals surface area (Å²) in [6.07, 6.45) is 0. The Labute approximate surface area is 160 Å². The van der Waals surface area contributed by atoms with Gasteiger partial charge in [0.15, 0.2) is 0 Å². The van der Waals surface area contributed by atoms with Crippen LogP contribution in [0, 0.1) is 0 Å². The van der Waals surface area contributed by atoms with E-state index in [1.807, 2.05) is 36.4 Å². The van der Waals surface area contributed by atoms with Crippen LogP contribution in [-0.2, 0) is 16.6 Å². The van der Waals surface area contributed by atoms with E-state index in [1.54, 1.807) is 16.9 Å². The number of pyridine rings is 1. The summed E-state index contributed by atoms with van der Waals surface area (Å²) in [5, 5.41) is 0.999. The standard InChI is InChI=1S/C19H17F3N2O3S/c1-13(24-28(25,26)19(20,21)22)15-6-4-7-17(11-15)27-12-16-10-9-14-5-2-3-8-18(14)23-16/h2-11,13,24H,12H2,1H3. The highest BCUT2D eigenvalue weighted by molar-refractivity contribution is 7.90. The molecule has 0 aliphatic rings. The van der Waals surface area contributed by atoms with Crippen LogP contribution in [0.15, 0.2) is 60.7 Å². The minimum absolute atomic E-state index is 0.164. The Morgan fingerprint density at radius 1 is 1.07 bits per heavy atom. The summed E-state index contributed by atoms with van der Waals surface area (Å²) in [5.74, 6) is 0.394. The number of benzene rings is 2. The molecule has 1 N–H and O–H groups in total. The van der Waals surface area contributed by atoms with Crippen LogP contribution < -0.4 is 9.46 Å². The lowest BCUT2D eigenvalue weighted by Crippen LogP contribution is -2.37. The van der Waals surface area contributed by atoms with Crippen LogP contribution in [0.5, 0.6) is 5.75 Å². The fourth-order valence-corrected chi connectivity index (χ4v) is 3.32. The van der Waals surface area contributed by atoms with Crippen LogP contribution >= 0.6 is 0 Å². The molecule has 0 fully saturated rings. The minimum atomic E-state index is -5.43. The number of rotatable bonds is 6. The second-order valence-corrected chi connectivity index (χ2v) is 7.85. The van der Waals surface area contributed by atoms with Crippen molar-refractivity contribution in [3.63, 3.8) is 0 Å². The first-order valence-electron chi connectivity index (χ1n) is 8.32. The Bertz CT molecular complexity index is 1080. The smallest absolute Gasteiger partial charge is 0.487 e. The molecular formula is C19H17F3N2O3S. The van der Waals surface area contributed by atoms with Crippen molar-refractivity contribution >= 4 is 20.9 Å². The number of sulfonamides is 1. The molecule has 0 radical (unpaired) electrons. The van der Waals surface area contributed by atoms with E-state index < -0.39 is 21.6 Å². The molecule has 28 heavy (non-hydrogen) atoms. The van der Waals surface area contributed by atoms with Crippen molar-refractivity contribution in [1.82, 2.24) is 9.71 Å². The highest BCUT2D eigenvalue weighted by Crippen LogP contribution is 2.26. The molecule has 0 saturated heterocycles. The van der Waals surface area contributed by atoms with Gasteiger partial charge >= 0.3 is 15.5 Å². The van der Waals surface area contributed by atoms with Crippen molar-refractivity contribution in [3.8, 4) is 5.75 Å². The fraction of sp³-hybridized carbons (Fsp3) is 0.211. The van der Waals surface area contributed by atoms with Gasteiger partial charge < -0.3 is 4.74 Å². The molecule has 0 aliphatic carbocycles. The van der Waals surface area contributed by atoms with Gasteiger partial charge in [0.1, 0.15) is 12.4 Å². The predicted octanol–water partition coefficient (Wildman–Crippen LogP) is 4.31. The molecule has 0 aliphatic heterocycles. The third-order valence-corrected chi connectivity index (χ3v) is 5.31. The van der Waals surface area contributed by atoms with Crippen molar-refractivity contribution in [3.05, 3.63) is 71.9 Å². The Kier molecular flexibility index (Phi) is 5.57. The van der Waals surface area contributed by atoms with E-state index in [1.165, 1.54) is 19.1 Å². The maximum absolute atomic E-state index is 12.5. The summed E-state index contributed by atoms with van der Waals surface area (Å²) >= 11 is 0. The number of nitrogens with zero attached hydrogens (tertiary/aromatic N) is 1. The van der Waals surface area contributed by atoms with Crippen molar-refractivity contribution in [1.29, 1.82) is 0 Å². The van der Waals surface area contributed by atoms with Gasteiger partial charge in [0.25, 0.3) is 0 Å². The third-order valence-electron chi connectivity index (χ3n) is 4.04. The van der Waals surface area contributed by atoms with Crippen LogP contribution in [0.25, 0.3) is 10.9 Å². The first-order valence-corrected chi connectivity index (χ1v) is 9.80. The Balaban J connectivity index is 1.70. The maximum atomic E-state index is 12.5. The molecule has 0 amide bonds. The molecule has 0 bridgehead atoms. The monoisotopic (exact) mass is 410 g/mol. The molecule has 1 unspecified atom stereocenters. The van der Waals surface area contributed by atoms with Gasteiger partial charge in [-0.15, -0.1) is 0 Å². The summed E-state index contributed by atoms with van der Waals surface area (Å²) in [4.78, 5) is 4.48. The quantitative estimate of drug-likeness (QED) is 0.657. The molecule has 1 atom stereocenters. The van der Waals surface area contributed by atoms with Gasteiger partial charge in [0.05, 0.1) is 11.2 Å². The number of para-hydroxylation sites is 1. The molecule has 0 saturated carbocycles. The van der Waals surface area contributed by atoms with Gasteiger partial charge in [0.2, 0.25) is 0 Å². The van der Waals surface area contributed by atoms with E-state index in [0.717, 1.165) is 10.9 Å². The molecule has 5 nitrogen and oxygen atoms in total. The lowest BCUT2D eigenvalue weighted by Gasteiger charge is -2.17. The molecule has 9 heteroatoms. The molecule has 3 rings (SSSR count). The summed E-state index contributed by atoms with van der Waals surface area (Å²) < 4.78 is 67.4. The molecule has 3 aromatic rings. The zero-order valence-electron chi connectivity index (χ0n) is 14.8. The van der Waals surface area contributed by atoms with E-state index in [0.29, 0.717) is 17.0 Å². The molecule has 148 valence electrons. The van der Waals surface area contributed by atoms with Crippen LogP contribution in [0.2, 0.25) is 0 Å². The molecule has 2 aromatic carbocycles. The number of nitrogens with one attached hydrogen (secondary N) is 1. The van der Waals surface area contributed by atoms with E-state index in [4.69, 9.17) is 4.74 Å². The average Bonchev–Trinajstić information content (AvgIpc) is 2.65. The summed E-state index contributed by atoms with van der Waals surface area (Å²) in [6, 6.07) is 16.5. The maximum Gasteiger partial charge on any atom is 0.511 e. The average molecular weight is 410 g/mol. The molecule has 0 spiro atoms.